The smallest absolute Gasteiger partial charge is 0.132 e. The number of aromatic nitrogens is 2. The van der Waals surface area contributed by atoms with E-state index >= 15 is 0 Å². The first kappa shape index (κ1) is 25.5. The van der Waals surface area contributed by atoms with Crippen molar-refractivity contribution in [3.8, 4) is 34.3 Å². The third-order valence-electron chi connectivity index (χ3n) is 7.74. The molecule has 0 amide bonds. The third-order valence-corrected chi connectivity index (χ3v) is 7.74. The zero-order chi connectivity index (χ0) is 28.5. The van der Waals surface area contributed by atoms with Crippen LogP contribution in [0.2, 0.25) is 0 Å². The van der Waals surface area contributed by atoms with Gasteiger partial charge in [-0.15, -0.1) is 0 Å². The minimum atomic E-state index is -0.704. The van der Waals surface area contributed by atoms with Crippen LogP contribution in [0.5, 0.6) is 23.0 Å². The fraction of sp³-hybridized carbons (Fsp3) is 0.0811. The van der Waals surface area contributed by atoms with Crippen molar-refractivity contribution >= 4 is 5.69 Å². The Morgan fingerprint density at radius 3 is 2.02 bits per heavy atom. The van der Waals surface area contributed by atoms with Gasteiger partial charge in [0.15, 0.2) is 0 Å². The molecule has 0 unspecified atom stereocenters. The average Bonchev–Trinajstić information content (AvgIpc) is 3.04. The van der Waals surface area contributed by atoms with Gasteiger partial charge in [0.25, 0.3) is 0 Å². The Morgan fingerprint density at radius 1 is 0.619 bits per heavy atom. The first-order valence-electron chi connectivity index (χ1n) is 13.9. The third kappa shape index (κ3) is 4.36. The van der Waals surface area contributed by atoms with Crippen LogP contribution in [0.3, 0.4) is 0 Å². The van der Waals surface area contributed by atoms with Crippen LogP contribution in [-0.2, 0) is 5.41 Å². The Bertz CT molecular complexity index is 1840. The zero-order valence-electron chi connectivity index (χ0n) is 23.4. The molecule has 204 valence electrons. The minimum Gasteiger partial charge on any atom is -0.457 e. The molecule has 5 heteroatoms. The molecule has 4 aromatic carbocycles. The lowest BCUT2D eigenvalue weighted by Gasteiger charge is -2.40. The number of pyridine rings is 2. The maximum atomic E-state index is 6.52. The topological polar surface area (TPSA) is 47.5 Å². The van der Waals surface area contributed by atoms with E-state index in [1.807, 2.05) is 99.3 Å². The van der Waals surface area contributed by atoms with Crippen molar-refractivity contribution in [2.75, 3.05) is 19.0 Å². The molecule has 1 aliphatic heterocycles. The Balaban J connectivity index is 1.35. The molecule has 0 N–H and O–H groups in total. The van der Waals surface area contributed by atoms with Crippen molar-refractivity contribution in [2.24, 2.45) is 0 Å². The van der Waals surface area contributed by atoms with Crippen LogP contribution in [0.4, 0.5) is 5.69 Å². The number of fused-ring (bicyclic) bond motifs is 2. The van der Waals surface area contributed by atoms with E-state index in [-0.39, 0.29) is 0 Å². The number of ether oxygens (including phenoxy) is 2. The highest BCUT2D eigenvalue weighted by Crippen LogP contribution is 2.55. The highest BCUT2D eigenvalue weighted by molar-refractivity contribution is 5.69. The predicted molar refractivity (Wildman–Crippen MR) is 167 cm³/mol. The van der Waals surface area contributed by atoms with Crippen LogP contribution in [0.25, 0.3) is 11.3 Å². The highest BCUT2D eigenvalue weighted by atomic mass is 16.5. The Hall–Kier alpha value is -5.42. The van der Waals surface area contributed by atoms with E-state index in [9.17, 15) is 0 Å². The molecule has 5 nitrogen and oxygen atoms in total. The Morgan fingerprint density at radius 2 is 1.31 bits per heavy atom. The molecule has 7 rings (SSSR count). The molecule has 2 aromatic heterocycles. The van der Waals surface area contributed by atoms with Gasteiger partial charge in [0.05, 0.1) is 16.8 Å². The van der Waals surface area contributed by atoms with Gasteiger partial charge >= 0.3 is 0 Å². The van der Waals surface area contributed by atoms with Gasteiger partial charge in [0, 0.05) is 48.9 Å². The van der Waals surface area contributed by atoms with E-state index in [1.54, 1.807) is 0 Å². The highest BCUT2D eigenvalue weighted by Gasteiger charge is 2.46. The zero-order valence-corrected chi connectivity index (χ0v) is 23.4. The predicted octanol–water partition coefficient (Wildman–Crippen LogP) is 8.49. The molecule has 0 radical (unpaired) electrons. The SMILES string of the molecule is CN(C)c1ccnc(-c2cccc(Oc3cccc(C4(c5ccccn5)c5ccccc5Oc5ccccc54)c3)c2)c1. The standard InChI is InChI=1S/C37H29N3O2/c1-40(2)28-20-22-38-33(25-28)26-11-9-13-29(23-26)41-30-14-10-12-27(24-30)37(36-19-7-8-21-39-36)31-15-3-5-17-34(31)42-35-18-6-4-16-32(35)37/h3-25H,1-2H3. The quantitative estimate of drug-likeness (QED) is 0.209. The molecule has 3 heterocycles. The lowest BCUT2D eigenvalue weighted by Crippen LogP contribution is -2.35. The van der Waals surface area contributed by atoms with E-state index < -0.39 is 5.41 Å². The number of anilines is 1. The number of benzene rings is 4. The summed E-state index contributed by atoms with van der Waals surface area (Å²) in [6.07, 6.45) is 3.69. The molecule has 1 aliphatic rings. The van der Waals surface area contributed by atoms with Gasteiger partial charge in [0.2, 0.25) is 0 Å². The molecule has 0 fully saturated rings. The monoisotopic (exact) mass is 547 g/mol. The van der Waals surface area contributed by atoms with Crippen LogP contribution >= 0.6 is 0 Å². The van der Waals surface area contributed by atoms with Gasteiger partial charge in [-0.25, -0.2) is 0 Å². The van der Waals surface area contributed by atoms with Crippen molar-refractivity contribution in [2.45, 2.75) is 5.41 Å². The summed E-state index contributed by atoms with van der Waals surface area (Å²) in [6.45, 7) is 0. The molecular weight excluding hydrogens is 518 g/mol. The van der Waals surface area contributed by atoms with E-state index in [2.05, 4.69) is 64.5 Å². The van der Waals surface area contributed by atoms with E-state index in [1.165, 1.54) is 0 Å². The summed E-state index contributed by atoms with van der Waals surface area (Å²) in [5.41, 5.74) is 6.30. The number of rotatable bonds is 6. The maximum absolute atomic E-state index is 6.52. The summed E-state index contributed by atoms with van der Waals surface area (Å²) in [6, 6.07) is 42.9. The maximum Gasteiger partial charge on any atom is 0.132 e. The first-order valence-corrected chi connectivity index (χ1v) is 13.9. The molecule has 0 bridgehead atoms. The van der Waals surface area contributed by atoms with Gasteiger partial charge < -0.3 is 14.4 Å². The molecule has 0 atom stereocenters. The van der Waals surface area contributed by atoms with Gasteiger partial charge in [-0.1, -0.05) is 66.7 Å². The number of hydrogen-bond acceptors (Lipinski definition) is 5. The molecule has 0 saturated heterocycles. The molecule has 0 aliphatic carbocycles. The summed E-state index contributed by atoms with van der Waals surface area (Å²) in [5, 5.41) is 0. The van der Waals surface area contributed by atoms with E-state index in [0.717, 1.165) is 62.3 Å². The van der Waals surface area contributed by atoms with Crippen molar-refractivity contribution in [1.82, 2.24) is 9.97 Å². The van der Waals surface area contributed by atoms with Crippen molar-refractivity contribution in [1.29, 1.82) is 0 Å². The Labute approximate surface area is 245 Å². The van der Waals surface area contributed by atoms with Crippen LogP contribution in [0.1, 0.15) is 22.4 Å². The number of para-hydroxylation sites is 2. The number of nitrogens with zero attached hydrogens (tertiary/aromatic N) is 3. The fourth-order valence-corrected chi connectivity index (χ4v) is 5.82. The number of hydrogen-bond donors (Lipinski definition) is 0. The first-order chi connectivity index (χ1) is 20.6. The summed E-state index contributed by atoms with van der Waals surface area (Å²) in [4.78, 5) is 11.6. The minimum absolute atomic E-state index is 0.704. The van der Waals surface area contributed by atoms with E-state index in [4.69, 9.17) is 14.5 Å². The van der Waals surface area contributed by atoms with Gasteiger partial charge in [0.1, 0.15) is 23.0 Å². The lowest BCUT2D eigenvalue weighted by molar-refractivity contribution is 0.431. The molecule has 0 saturated carbocycles. The fourth-order valence-electron chi connectivity index (χ4n) is 5.82. The second-order valence-corrected chi connectivity index (χ2v) is 10.5. The largest absolute Gasteiger partial charge is 0.457 e. The second-order valence-electron chi connectivity index (χ2n) is 10.5. The van der Waals surface area contributed by atoms with Crippen molar-refractivity contribution < 1.29 is 9.47 Å². The lowest BCUT2D eigenvalue weighted by atomic mass is 9.65. The Kier molecular flexibility index (Phi) is 6.40. The molecule has 6 aromatic rings. The summed E-state index contributed by atoms with van der Waals surface area (Å²) in [7, 11) is 4.05. The molecular formula is C37H29N3O2. The second kappa shape index (κ2) is 10.5. The van der Waals surface area contributed by atoms with Crippen molar-refractivity contribution in [3.63, 3.8) is 0 Å². The summed E-state index contributed by atoms with van der Waals surface area (Å²) < 4.78 is 12.9. The van der Waals surface area contributed by atoms with Gasteiger partial charge in [-0.3, -0.25) is 9.97 Å². The summed E-state index contributed by atoms with van der Waals surface area (Å²) >= 11 is 0. The van der Waals surface area contributed by atoms with Crippen molar-refractivity contribution in [3.05, 3.63) is 162 Å². The van der Waals surface area contributed by atoms with Crippen LogP contribution in [0, 0.1) is 0 Å². The van der Waals surface area contributed by atoms with Crippen LogP contribution in [-0.4, -0.2) is 24.1 Å². The molecule has 42 heavy (non-hydrogen) atoms. The normalized spacial score (nSPS) is 12.9. The average molecular weight is 548 g/mol. The molecule has 0 spiro atoms. The van der Waals surface area contributed by atoms with Crippen LogP contribution < -0.4 is 14.4 Å². The van der Waals surface area contributed by atoms with Gasteiger partial charge in [-0.2, -0.15) is 0 Å². The van der Waals surface area contributed by atoms with Crippen LogP contribution in [0.15, 0.2) is 140 Å². The van der Waals surface area contributed by atoms with Gasteiger partial charge in [-0.05, 0) is 66.2 Å². The van der Waals surface area contributed by atoms with E-state index in [0.29, 0.717) is 0 Å². The summed E-state index contributed by atoms with van der Waals surface area (Å²) in [5.74, 6) is 3.10.